The van der Waals surface area contributed by atoms with Crippen LogP contribution in [0.3, 0.4) is 0 Å². The minimum Gasteiger partial charge on any atom is -0.408 e. The van der Waals surface area contributed by atoms with Gasteiger partial charge in [-0.1, -0.05) is 11.6 Å². The summed E-state index contributed by atoms with van der Waals surface area (Å²) in [5.41, 5.74) is 1.39. The Morgan fingerprint density at radius 3 is 2.54 bits per heavy atom. The van der Waals surface area contributed by atoms with Crippen LogP contribution >= 0.6 is 11.6 Å². The lowest BCUT2D eigenvalue weighted by atomic mass is 10.3. The Morgan fingerprint density at radius 2 is 1.88 bits per heavy atom. The van der Waals surface area contributed by atoms with Crippen LogP contribution in [0.4, 0.5) is 5.69 Å². The Bertz CT molecular complexity index is 1130. The van der Waals surface area contributed by atoms with E-state index < -0.39 is 15.6 Å². The molecular formula is C17H15ClN2O5S. The van der Waals surface area contributed by atoms with E-state index in [1.165, 1.54) is 34.9 Å². The van der Waals surface area contributed by atoms with Crippen LogP contribution in [0.15, 0.2) is 56.6 Å². The first-order chi connectivity index (χ1) is 12.2. The van der Waals surface area contributed by atoms with Gasteiger partial charge < -0.3 is 9.73 Å². The summed E-state index contributed by atoms with van der Waals surface area (Å²) in [7, 11) is -3.29. The first-order valence-electron chi connectivity index (χ1n) is 7.63. The summed E-state index contributed by atoms with van der Waals surface area (Å²) in [6.45, 7) is 0.140. The first kappa shape index (κ1) is 18.2. The number of hydrogen-bond donors (Lipinski definition) is 1. The number of carbonyl (C=O) groups is 1. The largest absolute Gasteiger partial charge is 0.419 e. The molecule has 7 nitrogen and oxygen atoms in total. The zero-order valence-corrected chi connectivity index (χ0v) is 15.3. The summed E-state index contributed by atoms with van der Waals surface area (Å²) in [5.74, 6) is -0.875. The molecule has 0 saturated carbocycles. The molecule has 136 valence electrons. The zero-order valence-electron chi connectivity index (χ0n) is 13.7. The van der Waals surface area contributed by atoms with E-state index in [2.05, 4.69) is 5.32 Å². The highest BCUT2D eigenvalue weighted by Gasteiger charge is 2.12. The van der Waals surface area contributed by atoms with Crippen LogP contribution in [0.25, 0.3) is 11.1 Å². The normalized spacial score (nSPS) is 11.6. The maximum absolute atomic E-state index is 12.1. The molecule has 1 amide bonds. The second-order valence-electron chi connectivity index (χ2n) is 5.73. The van der Waals surface area contributed by atoms with Crippen molar-refractivity contribution in [3.8, 4) is 0 Å². The number of aryl methyl sites for hydroxylation is 1. The molecule has 9 heteroatoms. The van der Waals surface area contributed by atoms with Crippen LogP contribution < -0.4 is 11.1 Å². The number of nitrogens with zero attached hydrogens (tertiary/aromatic N) is 1. The Labute approximate surface area is 154 Å². The van der Waals surface area contributed by atoms with E-state index in [4.69, 9.17) is 16.0 Å². The van der Waals surface area contributed by atoms with Gasteiger partial charge in [-0.05, 0) is 36.4 Å². The fraction of sp³-hybridized carbons (Fsp3) is 0.176. The number of benzene rings is 2. The Morgan fingerprint density at radius 1 is 1.19 bits per heavy atom. The molecule has 0 bridgehead atoms. The third-order valence-corrected chi connectivity index (χ3v) is 5.12. The second-order valence-corrected chi connectivity index (χ2v) is 8.18. The molecule has 26 heavy (non-hydrogen) atoms. The lowest BCUT2D eigenvalue weighted by Crippen LogP contribution is -2.19. The van der Waals surface area contributed by atoms with Crippen LogP contribution in [-0.4, -0.2) is 25.1 Å². The van der Waals surface area contributed by atoms with Gasteiger partial charge in [-0.25, -0.2) is 13.2 Å². The van der Waals surface area contributed by atoms with Gasteiger partial charge in [-0.3, -0.25) is 9.36 Å². The van der Waals surface area contributed by atoms with Gasteiger partial charge in [0.15, 0.2) is 15.4 Å². The van der Waals surface area contributed by atoms with Crippen LogP contribution in [0.2, 0.25) is 5.02 Å². The van der Waals surface area contributed by atoms with Gasteiger partial charge in [0.25, 0.3) is 0 Å². The number of halogens is 1. The number of nitrogens with one attached hydrogen (secondary N) is 1. The lowest BCUT2D eigenvalue weighted by Gasteiger charge is -2.06. The fourth-order valence-corrected chi connectivity index (χ4v) is 3.27. The first-order valence-corrected chi connectivity index (χ1v) is 9.90. The van der Waals surface area contributed by atoms with Gasteiger partial charge >= 0.3 is 5.76 Å². The van der Waals surface area contributed by atoms with Gasteiger partial charge in [0.1, 0.15) is 0 Å². The van der Waals surface area contributed by atoms with Crippen molar-refractivity contribution in [2.75, 3.05) is 11.6 Å². The number of aromatic nitrogens is 1. The van der Waals surface area contributed by atoms with Crippen molar-refractivity contribution < 1.29 is 17.6 Å². The number of amides is 1. The third-order valence-electron chi connectivity index (χ3n) is 3.76. The highest BCUT2D eigenvalue weighted by atomic mass is 35.5. The second kappa shape index (κ2) is 6.97. The molecule has 0 aliphatic carbocycles. The van der Waals surface area contributed by atoms with Crippen LogP contribution in [0.5, 0.6) is 0 Å². The molecule has 3 rings (SSSR count). The molecule has 1 N–H and O–H groups in total. The van der Waals surface area contributed by atoms with Crippen molar-refractivity contribution >= 4 is 44.1 Å². The molecule has 3 aromatic rings. The van der Waals surface area contributed by atoms with E-state index in [-0.39, 0.29) is 23.8 Å². The summed E-state index contributed by atoms with van der Waals surface area (Å²) in [5, 5.41) is 3.11. The van der Waals surface area contributed by atoms with Crippen molar-refractivity contribution in [3.05, 3.63) is 58.0 Å². The molecule has 1 aromatic heterocycles. The molecule has 0 spiro atoms. The van der Waals surface area contributed by atoms with Crippen molar-refractivity contribution in [3.63, 3.8) is 0 Å². The van der Waals surface area contributed by atoms with Gasteiger partial charge in [-0.2, -0.15) is 0 Å². The van der Waals surface area contributed by atoms with Crippen LogP contribution in [0, 0.1) is 0 Å². The third kappa shape index (κ3) is 3.97. The van der Waals surface area contributed by atoms with E-state index in [0.717, 1.165) is 6.26 Å². The smallest absolute Gasteiger partial charge is 0.408 e. The van der Waals surface area contributed by atoms with E-state index in [0.29, 0.717) is 21.8 Å². The highest BCUT2D eigenvalue weighted by Crippen LogP contribution is 2.19. The molecule has 0 unspecified atom stereocenters. The molecule has 0 fully saturated rings. The van der Waals surface area contributed by atoms with E-state index in [9.17, 15) is 18.0 Å². The van der Waals surface area contributed by atoms with E-state index >= 15 is 0 Å². The van der Waals surface area contributed by atoms with E-state index in [1.54, 1.807) is 12.1 Å². The van der Waals surface area contributed by atoms with Crippen molar-refractivity contribution in [2.24, 2.45) is 0 Å². The highest BCUT2D eigenvalue weighted by molar-refractivity contribution is 7.90. The minimum atomic E-state index is -3.29. The average molecular weight is 395 g/mol. The van der Waals surface area contributed by atoms with Gasteiger partial charge in [0.05, 0.1) is 10.4 Å². The molecule has 2 aromatic carbocycles. The van der Waals surface area contributed by atoms with E-state index in [1.807, 2.05) is 0 Å². The number of hydrogen-bond acceptors (Lipinski definition) is 5. The molecule has 0 radical (unpaired) electrons. The Kier molecular flexibility index (Phi) is 4.88. The summed E-state index contributed by atoms with van der Waals surface area (Å²) in [6, 6.07) is 10.7. The maximum Gasteiger partial charge on any atom is 0.419 e. The number of oxazole rings is 1. The van der Waals surface area contributed by atoms with Crippen LogP contribution in [0.1, 0.15) is 6.42 Å². The zero-order chi connectivity index (χ0) is 18.9. The fourth-order valence-electron chi connectivity index (χ4n) is 2.47. The standard InChI is InChI=1S/C17H15ClN2O5S/c1-26(23,24)13-5-3-12(4-6-13)19-16(21)8-9-20-14-7-2-11(18)10-15(14)25-17(20)22/h2-7,10H,8-9H2,1H3,(H,19,21). The lowest BCUT2D eigenvalue weighted by molar-refractivity contribution is -0.116. The average Bonchev–Trinajstić information content (AvgIpc) is 2.87. The predicted octanol–water partition coefficient (Wildman–Crippen LogP) is 2.68. The quantitative estimate of drug-likeness (QED) is 0.717. The number of sulfone groups is 1. The molecular weight excluding hydrogens is 380 g/mol. The number of rotatable bonds is 5. The maximum atomic E-state index is 12.1. The topological polar surface area (TPSA) is 98.4 Å². The number of carbonyl (C=O) groups excluding carboxylic acids is 1. The summed E-state index contributed by atoms with van der Waals surface area (Å²) < 4.78 is 29.3. The predicted molar refractivity (Wildman–Crippen MR) is 98.3 cm³/mol. The SMILES string of the molecule is CS(=O)(=O)c1ccc(NC(=O)CCn2c(=O)oc3cc(Cl)ccc32)cc1. The van der Waals surface area contributed by atoms with Gasteiger partial charge in [0.2, 0.25) is 5.91 Å². The molecule has 0 saturated heterocycles. The van der Waals surface area contributed by atoms with Crippen molar-refractivity contribution in [1.29, 1.82) is 0 Å². The molecule has 0 atom stereocenters. The van der Waals surface area contributed by atoms with Crippen molar-refractivity contribution in [2.45, 2.75) is 17.9 Å². The van der Waals surface area contributed by atoms with Gasteiger partial charge in [-0.15, -0.1) is 0 Å². The number of fused-ring (bicyclic) bond motifs is 1. The van der Waals surface area contributed by atoms with Crippen LogP contribution in [-0.2, 0) is 21.2 Å². The Balaban J connectivity index is 1.68. The minimum absolute atomic E-state index is 0.0466. The van der Waals surface area contributed by atoms with Crippen molar-refractivity contribution in [1.82, 2.24) is 4.57 Å². The summed E-state index contributed by atoms with van der Waals surface area (Å²) in [6.07, 6.45) is 1.16. The summed E-state index contributed by atoms with van der Waals surface area (Å²) in [4.78, 5) is 24.2. The number of anilines is 1. The molecule has 0 aliphatic heterocycles. The molecule has 0 aliphatic rings. The molecule has 1 heterocycles. The monoisotopic (exact) mass is 394 g/mol. The Hall–Kier alpha value is -2.58. The summed E-state index contributed by atoms with van der Waals surface area (Å²) >= 11 is 5.86. The van der Waals surface area contributed by atoms with Gasteiger partial charge in [0, 0.05) is 36.0 Å².